The first-order valence-corrected chi connectivity index (χ1v) is 10.8. The SMILES string of the molecule is C[C@]1(C(=O)NC2CCCCC2)Cn2c(cc3occc32)C(=O)N1Cc1ccccc1. The highest BCUT2D eigenvalue weighted by Gasteiger charge is 2.48. The fourth-order valence-corrected chi connectivity index (χ4v) is 4.87. The van der Waals surface area contributed by atoms with Crippen molar-refractivity contribution in [2.45, 2.75) is 63.7 Å². The van der Waals surface area contributed by atoms with Crippen LogP contribution in [0.4, 0.5) is 0 Å². The molecule has 0 radical (unpaired) electrons. The molecule has 6 nitrogen and oxygen atoms in total. The van der Waals surface area contributed by atoms with Crippen LogP contribution in [0.5, 0.6) is 0 Å². The van der Waals surface area contributed by atoms with Gasteiger partial charge < -0.3 is 19.2 Å². The molecule has 6 heteroatoms. The summed E-state index contributed by atoms with van der Waals surface area (Å²) in [6.45, 7) is 2.68. The number of fused-ring (bicyclic) bond motifs is 3. The normalized spacial score (nSPS) is 22.3. The van der Waals surface area contributed by atoms with Gasteiger partial charge in [-0.3, -0.25) is 9.59 Å². The predicted octanol–water partition coefficient (Wildman–Crippen LogP) is 4.10. The molecule has 1 aromatic carbocycles. The smallest absolute Gasteiger partial charge is 0.271 e. The van der Waals surface area contributed by atoms with Crippen molar-refractivity contribution in [2.24, 2.45) is 0 Å². The van der Waals surface area contributed by atoms with Gasteiger partial charge in [0, 0.05) is 24.7 Å². The van der Waals surface area contributed by atoms with Gasteiger partial charge in [0.15, 0.2) is 5.58 Å². The van der Waals surface area contributed by atoms with Gasteiger partial charge in [-0.25, -0.2) is 0 Å². The topological polar surface area (TPSA) is 67.5 Å². The number of furan rings is 1. The molecular formula is C24H27N3O3. The molecule has 1 aliphatic carbocycles. The second-order valence-corrected chi connectivity index (χ2v) is 8.74. The molecule has 3 heterocycles. The standard InChI is InChI=1S/C24H27N3O3/c1-24(23(29)25-18-10-6-3-7-11-18)16-26-19-12-13-30-21(19)14-20(26)22(28)27(24)15-17-8-4-2-5-9-17/h2,4-5,8-9,12-14,18H,3,6-7,10-11,15-16H2,1H3,(H,25,29)/t24-/m1/s1. The lowest BCUT2D eigenvalue weighted by molar-refractivity contribution is -0.134. The summed E-state index contributed by atoms with van der Waals surface area (Å²) in [7, 11) is 0. The fourth-order valence-electron chi connectivity index (χ4n) is 4.87. The molecule has 1 N–H and O–H groups in total. The van der Waals surface area contributed by atoms with Crippen LogP contribution in [0.15, 0.2) is 53.1 Å². The van der Waals surface area contributed by atoms with Crippen molar-refractivity contribution in [3.05, 3.63) is 60.0 Å². The number of nitrogens with one attached hydrogen (secondary N) is 1. The van der Waals surface area contributed by atoms with Gasteiger partial charge in [0.05, 0.1) is 18.3 Å². The zero-order chi connectivity index (χ0) is 20.7. The van der Waals surface area contributed by atoms with Crippen LogP contribution in [-0.4, -0.2) is 32.9 Å². The van der Waals surface area contributed by atoms with E-state index in [0.717, 1.165) is 36.8 Å². The predicted molar refractivity (Wildman–Crippen MR) is 114 cm³/mol. The van der Waals surface area contributed by atoms with Crippen LogP contribution in [0.1, 0.15) is 55.1 Å². The highest BCUT2D eigenvalue weighted by molar-refractivity contribution is 6.02. The van der Waals surface area contributed by atoms with Crippen molar-refractivity contribution in [3.63, 3.8) is 0 Å². The molecule has 2 aromatic heterocycles. The third-order valence-corrected chi connectivity index (χ3v) is 6.66. The highest BCUT2D eigenvalue weighted by atomic mass is 16.3. The molecule has 2 aliphatic rings. The first kappa shape index (κ1) is 19.0. The van der Waals surface area contributed by atoms with E-state index in [-0.39, 0.29) is 17.9 Å². The van der Waals surface area contributed by atoms with Crippen molar-refractivity contribution >= 4 is 22.9 Å². The maximum absolute atomic E-state index is 13.6. The number of benzene rings is 1. The van der Waals surface area contributed by atoms with E-state index in [2.05, 4.69) is 5.32 Å². The number of carbonyl (C=O) groups is 2. The van der Waals surface area contributed by atoms with Crippen LogP contribution in [0.25, 0.3) is 11.1 Å². The van der Waals surface area contributed by atoms with Crippen molar-refractivity contribution in [1.29, 1.82) is 0 Å². The number of carbonyl (C=O) groups excluding carboxylic acids is 2. The summed E-state index contributed by atoms with van der Waals surface area (Å²) in [5, 5.41) is 3.26. The number of nitrogens with zero attached hydrogens (tertiary/aromatic N) is 2. The van der Waals surface area contributed by atoms with E-state index < -0.39 is 5.54 Å². The Labute approximate surface area is 175 Å². The number of rotatable bonds is 4. The van der Waals surface area contributed by atoms with Crippen molar-refractivity contribution < 1.29 is 14.0 Å². The molecule has 3 aromatic rings. The van der Waals surface area contributed by atoms with Gasteiger partial charge in [-0.15, -0.1) is 0 Å². The Morgan fingerprint density at radius 1 is 1.17 bits per heavy atom. The van der Waals surface area contributed by atoms with Gasteiger partial charge >= 0.3 is 0 Å². The Balaban J connectivity index is 1.53. The zero-order valence-electron chi connectivity index (χ0n) is 17.3. The molecule has 0 saturated heterocycles. The molecule has 0 unspecified atom stereocenters. The van der Waals surface area contributed by atoms with Crippen molar-refractivity contribution in [2.75, 3.05) is 0 Å². The van der Waals surface area contributed by atoms with E-state index in [1.165, 1.54) is 6.42 Å². The van der Waals surface area contributed by atoms with E-state index >= 15 is 0 Å². The van der Waals surface area contributed by atoms with E-state index in [0.29, 0.717) is 24.4 Å². The lowest BCUT2D eigenvalue weighted by atomic mass is 9.91. The molecule has 0 bridgehead atoms. The van der Waals surface area contributed by atoms with Gasteiger partial charge in [0.2, 0.25) is 5.91 Å². The monoisotopic (exact) mass is 405 g/mol. The molecule has 1 saturated carbocycles. The third kappa shape index (κ3) is 3.11. The summed E-state index contributed by atoms with van der Waals surface area (Å²) >= 11 is 0. The Morgan fingerprint density at radius 3 is 2.70 bits per heavy atom. The van der Waals surface area contributed by atoms with Gasteiger partial charge in [-0.2, -0.15) is 0 Å². The quantitative estimate of drug-likeness (QED) is 0.711. The lowest BCUT2D eigenvalue weighted by Crippen LogP contribution is -2.64. The van der Waals surface area contributed by atoms with Crippen LogP contribution in [0.2, 0.25) is 0 Å². The Bertz CT molecular complexity index is 1080. The maximum Gasteiger partial charge on any atom is 0.271 e. The summed E-state index contributed by atoms with van der Waals surface area (Å²) in [6, 6.07) is 13.7. The molecule has 1 fully saturated rings. The van der Waals surface area contributed by atoms with Crippen LogP contribution < -0.4 is 5.32 Å². The van der Waals surface area contributed by atoms with Crippen LogP contribution in [0, 0.1) is 0 Å². The zero-order valence-corrected chi connectivity index (χ0v) is 17.3. The summed E-state index contributed by atoms with van der Waals surface area (Å²) in [6.07, 6.45) is 7.16. The Hall–Kier alpha value is -3.02. The van der Waals surface area contributed by atoms with Gasteiger partial charge in [-0.1, -0.05) is 49.6 Å². The highest BCUT2D eigenvalue weighted by Crippen LogP contribution is 2.34. The number of hydrogen-bond acceptors (Lipinski definition) is 3. The average Bonchev–Trinajstić information content (AvgIpc) is 3.35. The largest absolute Gasteiger partial charge is 0.463 e. The molecule has 0 spiro atoms. The first-order valence-electron chi connectivity index (χ1n) is 10.8. The van der Waals surface area contributed by atoms with Gasteiger partial charge in [0.25, 0.3) is 5.91 Å². The minimum atomic E-state index is -0.986. The Morgan fingerprint density at radius 2 is 1.93 bits per heavy atom. The summed E-state index contributed by atoms with van der Waals surface area (Å²) in [5.74, 6) is -0.215. The van der Waals surface area contributed by atoms with Crippen LogP contribution >= 0.6 is 0 Å². The van der Waals surface area contributed by atoms with E-state index in [1.807, 2.05) is 47.9 Å². The molecule has 30 heavy (non-hydrogen) atoms. The minimum absolute atomic E-state index is 0.0744. The first-order chi connectivity index (χ1) is 14.6. The summed E-state index contributed by atoms with van der Waals surface area (Å²) in [4.78, 5) is 28.9. The fraction of sp³-hybridized carbons (Fsp3) is 0.417. The maximum atomic E-state index is 13.6. The summed E-state index contributed by atoms with van der Waals surface area (Å²) < 4.78 is 7.46. The molecule has 5 rings (SSSR count). The second kappa shape index (κ2) is 7.35. The van der Waals surface area contributed by atoms with E-state index in [1.54, 1.807) is 17.2 Å². The van der Waals surface area contributed by atoms with Crippen LogP contribution in [-0.2, 0) is 17.9 Å². The Kier molecular flexibility index (Phi) is 4.65. The van der Waals surface area contributed by atoms with Gasteiger partial charge in [0.1, 0.15) is 11.2 Å². The number of hydrogen-bond donors (Lipinski definition) is 1. The van der Waals surface area contributed by atoms with Crippen molar-refractivity contribution in [3.8, 4) is 0 Å². The van der Waals surface area contributed by atoms with Crippen molar-refractivity contribution in [1.82, 2.24) is 14.8 Å². The summed E-state index contributed by atoms with van der Waals surface area (Å²) in [5.41, 5.74) is 2.12. The third-order valence-electron chi connectivity index (χ3n) is 6.66. The second-order valence-electron chi connectivity index (χ2n) is 8.74. The lowest BCUT2D eigenvalue weighted by Gasteiger charge is -2.44. The molecule has 156 valence electrons. The van der Waals surface area contributed by atoms with Crippen LogP contribution in [0.3, 0.4) is 0 Å². The molecule has 2 amide bonds. The molecule has 1 atom stereocenters. The number of amides is 2. The van der Waals surface area contributed by atoms with E-state index in [4.69, 9.17) is 4.42 Å². The van der Waals surface area contributed by atoms with Gasteiger partial charge in [-0.05, 0) is 25.3 Å². The molecule has 1 aliphatic heterocycles. The molecular weight excluding hydrogens is 378 g/mol. The number of aromatic nitrogens is 1. The minimum Gasteiger partial charge on any atom is -0.463 e. The average molecular weight is 405 g/mol. The van der Waals surface area contributed by atoms with E-state index in [9.17, 15) is 9.59 Å².